The predicted molar refractivity (Wildman–Crippen MR) is 158 cm³/mol. The van der Waals surface area contributed by atoms with E-state index in [0.29, 0.717) is 12.1 Å². The number of carbonyl (C=O) groups is 3. The van der Waals surface area contributed by atoms with Crippen LogP contribution in [0.1, 0.15) is 56.0 Å². The summed E-state index contributed by atoms with van der Waals surface area (Å²) in [6.45, 7) is 11.5. The summed E-state index contributed by atoms with van der Waals surface area (Å²) in [5.41, 5.74) is 2.55. The van der Waals surface area contributed by atoms with Gasteiger partial charge in [0.1, 0.15) is 17.7 Å². The fourth-order valence-electron chi connectivity index (χ4n) is 4.38. The zero-order valence-corrected chi connectivity index (χ0v) is 23.7. The van der Waals surface area contributed by atoms with E-state index in [1.807, 2.05) is 91.9 Å². The van der Waals surface area contributed by atoms with Crippen molar-refractivity contribution in [2.45, 2.75) is 58.3 Å². The fourth-order valence-corrected chi connectivity index (χ4v) is 4.38. The van der Waals surface area contributed by atoms with Gasteiger partial charge in [-0.1, -0.05) is 91.5 Å². The second-order valence-electron chi connectivity index (χ2n) is 10.5. The van der Waals surface area contributed by atoms with Gasteiger partial charge in [-0.15, -0.1) is 0 Å². The Labute approximate surface area is 237 Å². The van der Waals surface area contributed by atoms with Crippen molar-refractivity contribution in [2.24, 2.45) is 0 Å². The minimum Gasteiger partial charge on any atom is -0.444 e. The average Bonchev–Trinajstić information content (AvgIpc) is 2.94. The first-order valence-corrected chi connectivity index (χ1v) is 13.5. The highest BCUT2D eigenvalue weighted by Crippen LogP contribution is 2.25. The van der Waals surface area contributed by atoms with Crippen molar-refractivity contribution >= 4 is 24.0 Å². The molecule has 0 aromatic heterocycles. The molecular formula is C33H39N3O4. The highest BCUT2D eigenvalue weighted by Gasteiger charge is 2.35. The van der Waals surface area contributed by atoms with Crippen molar-refractivity contribution in [2.75, 3.05) is 6.54 Å². The summed E-state index contributed by atoms with van der Waals surface area (Å²) in [6.07, 6.45) is 1.24. The number of ether oxygens (including phenoxy) is 1. The Balaban J connectivity index is 1.97. The molecule has 0 radical (unpaired) electrons. The first kappa shape index (κ1) is 30.2. The monoisotopic (exact) mass is 541 g/mol. The molecule has 0 saturated heterocycles. The second-order valence-corrected chi connectivity index (χ2v) is 10.5. The maximum atomic E-state index is 14.2. The lowest BCUT2D eigenvalue weighted by atomic mass is 9.99. The van der Waals surface area contributed by atoms with Gasteiger partial charge in [0.2, 0.25) is 11.8 Å². The highest BCUT2D eigenvalue weighted by molar-refractivity contribution is 5.92. The number of amides is 3. The molecule has 7 heteroatoms. The summed E-state index contributed by atoms with van der Waals surface area (Å²) >= 11 is 0. The number of alkyl carbamates (subject to hydrolysis) is 1. The Morgan fingerprint density at radius 3 is 2.12 bits per heavy atom. The van der Waals surface area contributed by atoms with E-state index in [0.717, 1.165) is 16.7 Å². The van der Waals surface area contributed by atoms with Gasteiger partial charge in [-0.25, -0.2) is 4.79 Å². The van der Waals surface area contributed by atoms with Crippen LogP contribution in [-0.4, -0.2) is 41.0 Å². The number of likely N-dealkylation sites (N-methyl/N-ethyl adjacent to an activating group) is 1. The molecule has 0 fully saturated rings. The molecule has 40 heavy (non-hydrogen) atoms. The Bertz CT molecular complexity index is 1290. The number of nitrogens with zero attached hydrogens (tertiary/aromatic N) is 1. The molecule has 0 spiro atoms. The lowest BCUT2D eigenvalue weighted by molar-refractivity contribution is -0.142. The van der Waals surface area contributed by atoms with Gasteiger partial charge in [0.15, 0.2) is 0 Å². The van der Waals surface area contributed by atoms with E-state index < -0.39 is 23.8 Å². The summed E-state index contributed by atoms with van der Waals surface area (Å²) in [4.78, 5) is 42.3. The SMILES string of the molecule is C=Cc1cccc(C(C(=O)NCc2ccccc2)N(CC)C(=O)C(Cc2ccccc2)NC(=O)OC(C)(C)C)c1. The molecule has 3 aromatic carbocycles. The number of benzene rings is 3. The van der Waals surface area contributed by atoms with E-state index in [9.17, 15) is 14.4 Å². The van der Waals surface area contributed by atoms with Crippen LogP contribution >= 0.6 is 0 Å². The zero-order chi connectivity index (χ0) is 29.1. The number of carbonyl (C=O) groups excluding carboxylic acids is 3. The van der Waals surface area contributed by atoms with Gasteiger partial charge >= 0.3 is 6.09 Å². The van der Waals surface area contributed by atoms with E-state index >= 15 is 0 Å². The van der Waals surface area contributed by atoms with Crippen LogP contribution in [0.4, 0.5) is 4.79 Å². The second kappa shape index (κ2) is 14.1. The van der Waals surface area contributed by atoms with Crippen LogP contribution in [0, 0.1) is 0 Å². The van der Waals surface area contributed by atoms with E-state index in [2.05, 4.69) is 17.2 Å². The van der Waals surface area contributed by atoms with Crippen molar-refractivity contribution in [1.82, 2.24) is 15.5 Å². The standard InChI is InChI=1S/C33H39N3O4/c1-6-24-19-14-20-27(21-24)29(30(37)34-23-26-17-12-9-13-18-26)36(7-2)31(38)28(22-25-15-10-8-11-16-25)35-32(39)40-33(3,4)5/h6,8-21,28-29H,1,7,22-23H2,2-5H3,(H,34,37)(H,35,39). The number of hydrogen-bond acceptors (Lipinski definition) is 4. The minimum absolute atomic E-state index is 0.237. The van der Waals surface area contributed by atoms with Crippen LogP contribution in [0.2, 0.25) is 0 Å². The minimum atomic E-state index is -0.954. The smallest absolute Gasteiger partial charge is 0.408 e. The number of hydrogen-bond donors (Lipinski definition) is 2. The van der Waals surface area contributed by atoms with E-state index in [1.54, 1.807) is 26.8 Å². The van der Waals surface area contributed by atoms with Crippen LogP contribution in [0.5, 0.6) is 0 Å². The molecule has 0 aliphatic heterocycles. The first-order valence-electron chi connectivity index (χ1n) is 13.5. The molecule has 0 aliphatic carbocycles. The van der Waals surface area contributed by atoms with Crippen molar-refractivity contribution < 1.29 is 19.1 Å². The molecule has 7 nitrogen and oxygen atoms in total. The molecule has 0 aliphatic rings. The molecular weight excluding hydrogens is 502 g/mol. The quantitative estimate of drug-likeness (QED) is 0.327. The lowest BCUT2D eigenvalue weighted by Gasteiger charge is -2.34. The molecule has 210 valence electrons. The lowest BCUT2D eigenvalue weighted by Crippen LogP contribution is -2.53. The fraction of sp³-hybridized carbons (Fsp3) is 0.303. The number of rotatable bonds is 11. The first-order chi connectivity index (χ1) is 19.1. The van der Waals surface area contributed by atoms with E-state index in [1.165, 1.54) is 4.90 Å². The van der Waals surface area contributed by atoms with Crippen LogP contribution in [-0.2, 0) is 27.3 Å². The third-order valence-corrected chi connectivity index (χ3v) is 6.23. The maximum absolute atomic E-state index is 14.2. The Morgan fingerprint density at radius 2 is 1.55 bits per heavy atom. The average molecular weight is 542 g/mol. The van der Waals surface area contributed by atoms with Gasteiger partial charge in [0.25, 0.3) is 0 Å². The Morgan fingerprint density at radius 1 is 0.925 bits per heavy atom. The molecule has 2 atom stereocenters. The van der Waals surface area contributed by atoms with E-state index in [4.69, 9.17) is 4.74 Å². The predicted octanol–water partition coefficient (Wildman–Crippen LogP) is 5.67. The topological polar surface area (TPSA) is 87.7 Å². The van der Waals surface area contributed by atoms with Crippen LogP contribution in [0.3, 0.4) is 0 Å². The summed E-state index contributed by atoms with van der Waals surface area (Å²) in [5.74, 6) is -0.711. The van der Waals surface area contributed by atoms with Gasteiger partial charge in [-0.2, -0.15) is 0 Å². The highest BCUT2D eigenvalue weighted by atomic mass is 16.6. The van der Waals surface area contributed by atoms with Crippen LogP contribution in [0.15, 0.2) is 91.5 Å². The normalized spacial score (nSPS) is 12.5. The number of nitrogens with one attached hydrogen (secondary N) is 2. The summed E-state index contributed by atoms with van der Waals surface area (Å²) in [6, 6.07) is 24.5. The van der Waals surface area contributed by atoms with Gasteiger partial charge in [0.05, 0.1) is 0 Å². The summed E-state index contributed by atoms with van der Waals surface area (Å²) in [5, 5.41) is 5.76. The van der Waals surface area contributed by atoms with Gasteiger partial charge in [-0.3, -0.25) is 9.59 Å². The molecule has 3 rings (SSSR count). The molecule has 0 bridgehead atoms. The molecule has 2 N–H and O–H groups in total. The van der Waals surface area contributed by atoms with Gasteiger partial charge in [0, 0.05) is 19.5 Å². The summed E-state index contributed by atoms with van der Waals surface area (Å²) in [7, 11) is 0. The third-order valence-electron chi connectivity index (χ3n) is 6.23. The van der Waals surface area contributed by atoms with Crippen LogP contribution in [0.25, 0.3) is 6.08 Å². The molecule has 3 amide bonds. The van der Waals surface area contributed by atoms with Crippen molar-refractivity contribution in [3.8, 4) is 0 Å². The van der Waals surface area contributed by atoms with Crippen molar-refractivity contribution in [3.05, 3.63) is 114 Å². The molecule has 0 heterocycles. The van der Waals surface area contributed by atoms with Crippen molar-refractivity contribution in [1.29, 1.82) is 0 Å². The van der Waals surface area contributed by atoms with Gasteiger partial charge in [-0.05, 0) is 56.0 Å². The summed E-state index contributed by atoms with van der Waals surface area (Å²) < 4.78 is 5.47. The maximum Gasteiger partial charge on any atom is 0.408 e. The Kier molecular flexibility index (Phi) is 10.6. The van der Waals surface area contributed by atoms with E-state index in [-0.39, 0.29) is 24.8 Å². The zero-order valence-electron chi connectivity index (χ0n) is 23.7. The molecule has 3 aromatic rings. The molecule has 2 unspecified atom stereocenters. The van der Waals surface area contributed by atoms with Gasteiger partial charge < -0.3 is 20.3 Å². The van der Waals surface area contributed by atoms with Crippen LogP contribution < -0.4 is 10.6 Å². The Hall–Kier alpha value is -4.39. The third kappa shape index (κ3) is 8.83. The molecule has 0 saturated carbocycles. The largest absolute Gasteiger partial charge is 0.444 e. The van der Waals surface area contributed by atoms with Crippen molar-refractivity contribution in [3.63, 3.8) is 0 Å².